The van der Waals surface area contributed by atoms with Crippen molar-refractivity contribution in [3.8, 4) is 0 Å². The van der Waals surface area contributed by atoms with E-state index in [1.54, 1.807) is 17.1 Å². The lowest BCUT2D eigenvalue weighted by atomic mass is 9.73. The van der Waals surface area contributed by atoms with Crippen LogP contribution in [0.15, 0.2) is 67.0 Å². The molecule has 31 heavy (non-hydrogen) atoms. The minimum Gasteiger partial charge on any atom is -0.334 e. The Balaban J connectivity index is 1.52. The van der Waals surface area contributed by atoms with Gasteiger partial charge >= 0.3 is 0 Å². The third-order valence-electron chi connectivity index (χ3n) is 6.77. The van der Waals surface area contributed by atoms with Gasteiger partial charge in [0.2, 0.25) is 5.91 Å². The van der Waals surface area contributed by atoms with Crippen molar-refractivity contribution in [2.24, 2.45) is 0 Å². The van der Waals surface area contributed by atoms with E-state index in [0.717, 1.165) is 24.1 Å². The number of carbonyl (C=O) groups is 2. The van der Waals surface area contributed by atoms with Gasteiger partial charge in [-0.15, -0.1) is 0 Å². The third kappa shape index (κ3) is 3.14. The van der Waals surface area contributed by atoms with Crippen LogP contribution < -0.4 is 5.32 Å². The third-order valence-corrected chi connectivity index (χ3v) is 6.77. The van der Waals surface area contributed by atoms with E-state index in [0.29, 0.717) is 25.1 Å². The van der Waals surface area contributed by atoms with Crippen LogP contribution in [0.5, 0.6) is 0 Å². The van der Waals surface area contributed by atoms with Crippen molar-refractivity contribution >= 4 is 17.5 Å². The summed E-state index contributed by atoms with van der Waals surface area (Å²) in [5.41, 5.74) is 2.96. The van der Waals surface area contributed by atoms with E-state index in [4.69, 9.17) is 0 Å². The van der Waals surface area contributed by atoms with Crippen molar-refractivity contribution < 1.29 is 9.59 Å². The van der Waals surface area contributed by atoms with Crippen molar-refractivity contribution in [2.45, 2.75) is 44.2 Å². The summed E-state index contributed by atoms with van der Waals surface area (Å²) in [6, 6.07) is 17.9. The zero-order valence-electron chi connectivity index (χ0n) is 17.6. The summed E-state index contributed by atoms with van der Waals surface area (Å²) in [4.78, 5) is 28.8. The van der Waals surface area contributed by atoms with E-state index in [1.807, 2.05) is 54.3 Å². The first-order valence-corrected chi connectivity index (χ1v) is 10.9. The van der Waals surface area contributed by atoms with E-state index in [1.165, 1.54) is 5.56 Å². The Morgan fingerprint density at radius 3 is 2.71 bits per heavy atom. The first-order chi connectivity index (χ1) is 15.1. The van der Waals surface area contributed by atoms with E-state index in [-0.39, 0.29) is 17.9 Å². The molecule has 0 unspecified atom stereocenters. The number of para-hydroxylation sites is 1. The Labute approximate surface area is 181 Å². The average molecular weight is 415 g/mol. The molecule has 6 heteroatoms. The monoisotopic (exact) mass is 414 g/mol. The molecular formula is C25H26N4O2. The fourth-order valence-electron chi connectivity index (χ4n) is 5.21. The smallest absolute Gasteiger partial charge is 0.257 e. The number of anilines is 1. The Morgan fingerprint density at radius 2 is 1.94 bits per heavy atom. The highest BCUT2D eigenvalue weighted by Crippen LogP contribution is 2.49. The predicted octanol–water partition coefficient (Wildman–Crippen LogP) is 3.64. The van der Waals surface area contributed by atoms with Gasteiger partial charge in [-0.3, -0.25) is 14.3 Å². The average Bonchev–Trinajstić information content (AvgIpc) is 3.50. The molecule has 1 spiro atoms. The minimum absolute atomic E-state index is 0.00585. The molecule has 1 fully saturated rings. The number of fused-ring (bicyclic) bond motifs is 2. The topological polar surface area (TPSA) is 67.2 Å². The van der Waals surface area contributed by atoms with Crippen molar-refractivity contribution in [1.29, 1.82) is 0 Å². The molecule has 1 saturated heterocycles. The number of amides is 2. The molecule has 6 nitrogen and oxygen atoms in total. The lowest BCUT2D eigenvalue weighted by Crippen LogP contribution is -2.49. The molecule has 2 aliphatic heterocycles. The van der Waals surface area contributed by atoms with E-state index < -0.39 is 5.41 Å². The molecular weight excluding hydrogens is 388 g/mol. The Hall–Kier alpha value is -3.41. The van der Waals surface area contributed by atoms with Gasteiger partial charge in [0.15, 0.2) is 0 Å². The van der Waals surface area contributed by atoms with Crippen LogP contribution >= 0.6 is 0 Å². The molecule has 158 valence electrons. The molecule has 5 rings (SSSR count). The first kappa shape index (κ1) is 19.5. The van der Waals surface area contributed by atoms with Crippen LogP contribution in [0.4, 0.5) is 5.69 Å². The van der Waals surface area contributed by atoms with Gasteiger partial charge in [0.25, 0.3) is 5.91 Å². The molecule has 0 bridgehead atoms. The number of hydrogen-bond acceptors (Lipinski definition) is 3. The number of rotatable bonds is 5. The van der Waals surface area contributed by atoms with Gasteiger partial charge in [0.05, 0.1) is 23.2 Å². The highest BCUT2D eigenvalue weighted by molar-refractivity contribution is 6.08. The molecule has 2 atom stereocenters. The normalized spacial score (nSPS) is 22.0. The van der Waals surface area contributed by atoms with E-state index >= 15 is 0 Å². The maximum atomic E-state index is 13.5. The molecule has 1 aromatic heterocycles. The second-order valence-electron chi connectivity index (χ2n) is 8.34. The van der Waals surface area contributed by atoms with Crippen molar-refractivity contribution in [3.05, 3.63) is 83.7 Å². The zero-order valence-corrected chi connectivity index (χ0v) is 17.6. The molecule has 0 aliphatic carbocycles. The fourth-order valence-corrected chi connectivity index (χ4v) is 5.21. The first-order valence-electron chi connectivity index (χ1n) is 10.9. The number of nitrogens with one attached hydrogen (secondary N) is 1. The van der Waals surface area contributed by atoms with Crippen molar-refractivity contribution in [3.63, 3.8) is 0 Å². The summed E-state index contributed by atoms with van der Waals surface area (Å²) in [5, 5.41) is 7.35. The second-order valence-corrected chi connectivity index (χ2v) is 8.34. The van der Waals surface area contributed by atoms with Crippen LogP contribution in [0.25, 0.3) is 0 Å². The van der Waals surface area contributed by atoms with Gasteiger partial charge in [0, 0.05) is 25.0 Å². The number of benzene rings is 2. The largest absolute Gasteiger partial charge is 0.334 e. The van der Waals surface area contributed by atoms with Gasteiger partial charge in [-0.25, -0.2) is 0 Å². The maximum absolute atomic E-state index is 13.5. The number of likely N-dealkylation sites (tertiary alicyclic amines) is 1. The Morgan fingerprint density at radius 1 is 1.16 bits per heavy atom. The molecule has 2 aliphatic rings. The number of hydrogen-bond donors (Lipinski definition) is 1. The van der Waals surface area contributed by atoms with Crippen LogP contribution in [-0.2, 0) is 23.2 Å². The molecule has 3 aromatic rings. The van der Waals surface area contributed by atoms with Gasteiger partial charge in [0.1, 0.15) is 0 Å². The standard InChI is InChI=1S/C25H26N4O2/c1-2-28-17-19(16-26-28)23(30)29-15-14-25(20-10-6-7-11-21(20)27-24(25)31)22(29)13-12-18-8-4-3-5-9-18/h3-11,16-17,22H,2,12-15H2,1H3,(H,27,31)/t22-,25-/m0/s1. The van der Waals surface area contributed by atoms with Crippen molar-refractivity contribution in [2.75, 3.05) is 11.9 Å². The van der Waals surface area contributed by atoms with Crippen LogP contribution in [0.2, 0.25) is 0 Å². The van der Waals surface area contributed by atoms with E-state index in [2.05, 4.69) is 22.5 Å². The number of aromatic nitrogens is 2. The Kier molecular flexibility index (Phi) is 4.85. The molecule has 0 saturated carbocycles. The van der Waals surface area contributed by atoms with Gasteiger partial charge in [-0.1, -0.05) is 48.5 Å². The molecule has 0 radical (unpaired) electrons. The minimum atomic E-state index is -0.707. The maximum Gasteiger partial charge on any atom is 0.257 e. The number of aryl methyl sites for hydroxylation is 2. The summed E-state index contributed by atoms with van der Waals surface area (Å²) in [5.74, 6) is -0.0434. The SMILES string of the molecule is CCn1cc(C(=O)N2CC[C@@]3(C(=O)Nc4ccccc43)[C@@H]2CCc2ccccc2)cn1. The summed E-state index contributed by atoms with van der Waals surface area (Å²) >= 11 is 0. The highest BCUT2D eigenvalue weighted by atomic mass is 16.2. The molecule has 2 amide bonds. The van der Waals surface area contributed by atoms with E-state index in [9.17, 15) is 9.59 Å². The number of nitrogens with zero attached hydrogens (tertiary/aromatic N) is 3. The summed E-state index contributed by atoms with van der Waals surface area (Å²) in [6.07, 6.45) is 5.58. The van der Waals surface area contributed by atoms with Crippen LogP contribution in [0.1, 0.15) is 41.3 Å². The molecule has 1 N–H and O–H groups in total. The van der Waals surface area contributed by atoms with Gasteiger partial charge < -0.3 is 10.2 Å². The van der Waals surface area contributed by atoms with Crippen LogP contribution in [-0.4, -0.2) is 39.1 Å². The van der Waals surface area contributed by atoms with Gasteiger partial charge in [-0.05, 0) is 43.4 Å². The summed E-state index contributed by atoms with van der Waals surface area (Å²) in [7, 11) is 0. The quantitative estimate of drug-likeness (QED) is 0.693. The van der Waals surface area contributed by atoms with Gasteiger partial charge in [-0.2, -0.15) is 5.10 Å². The van der Waals surface area contributed by atoms with Crippen LogP contribution in [0.3, 0.4) is 0 Å². The summed E-state index contributed by atoms with van der Waals surface area (Å²) in [6.45, 7) is 3.26. The molecule has 3 heterocycles. The van der Waals surface area contributed by atoms with Crippen molar-refractivity contribution in [1.82, 2.24) is 14.7 Å². The number of carbonyl (C=O) groups excluding carboxylic acids is 2. The Bertz CT molecular complexity index is 1120. The summed E-state index contributed by atoms with van der Waals surface area (Å²) < 4.78 is 1.76. The molecule has 2 aromatic carbocycles. The lowest BCUT2D eigenvalue weighted by molar-refractivity contribution is -0.121. The fraction of sp³-hybridized carbons (Fsp3) is 0.320. The predicted molar refractivity (Wildman–Crippen MR) is 119 cm³/mol. The van der Waals surface area contributed by atoms with Crippen LogP contribution in [0, 0.1) is 0 Å². The second kappa shape index (κ2) is 7.69. The highest BCUT2D eigenvalue weighted by Gasteiger charge is 2.58. The zero-order chi connectivity index (χ0) is 21.4. The lowest BCUT2D eigenvalue weighted by Gasteiger charge is -2.34.